The van der Waals surface area contributed by atoms with Crippen molar-refractivity contribution in [3.63, 3.8) is 0 Å². The molecule has 0 heterocycles. The van der Waals surface area contributed by atoms with Crippen molar-refractivity contribution in [1.29, 1.82) is 5.26 Å². The quantitative estimate of drug-likeness (QED) is 0.652. The Balaban J connectivity index is 2.25. The zero-order valence-electron chi connectivity index (χ0n) is 11.8. The van der Waals surface area contributed by atoms with Crippen molar-refractivity contribution in [2.24, 2.45) is 0 Å². The van der Waals surface area contributed by atoms with Gasteiger partial charge in [-0.15, -0.1) is 0 Å². The largest absolute Gasteiger partial charge is 0.383 e. The Kier molecular flexibility index (Phi) is 5.08. The molecule has 0 atom stereocenters. The molecule has 0 aliphatic heterocycles. The summed E-state index contributed by atoms with van der Waals surface area (Å²) in [5.74, 6) is 0. The molecule has 0 unspecified atom stereocenters. The molecule has 2 aromatic carbocycles. The second-order valence-electron chi connectivity index (χ2n) is 4.53. The van der Waals surface area contributed by atoms with E-state index in [1.54, 1.807) is 19.2 Å². The first-order valence-corrected chi connectivity index (χ1v) is 6.61. The molecule has 0 aromatic heterocycles. The first kappa shape index (κ1) is 14.8. The van der Waals surface area contributed by atoms with E-state index in [1.807, 2.05) is 30.3 Å². The molecule has 0 aliphatic carbocycles. The molecule has 21 heavy (non-hydrogen) atoms. The topological polar surface area (TPSA) is 62.1 Å². The lowest BCUT2D eigenvalue weighted by atomic mass is 10.0. The van der Waals surface area contributed by atoms with Gasteiger partial charge in [0.25, 0.3) is 0 Å². The van der Waals surface area contributed by atoms with Crippen molar-refractivity contribution < 1.29 is 9.53 Å². The fourth-order valence-electron chi connectivity index (χ4n) is 2.01. The molecule has 0 fully saturated rings. The summed E-state index contributed by atoms with van der Waals surface area (Å²) in [5.41, 5.74) is 3.94. The maximum atomic E-state index is 10.7. The lowest BCUT2D eigenvalue weighted by Crippen LogP contribution is -2.08. The third-order valence-corrected chi connectivity index (χ3v) is 3.14. The highest BCUT2D eigenvalue weighted by Gasteiger charge is 2.05. The average molecular weight is 280 g/mol. The van der Waals surface area contributed by atoms with Crippen LogP contribution in [-0.2, 0) is 4.74 Å². The Morgan fingerprint density at radius 3 is 2.52 bits per heavy atom. The molecule has 0 bridgehead atoms. The Labute approximate surface area is 124 Å². The van der Waals surface area contributed by atoms with Crippen molar-refractivity contribution in [1.82, 2.24) is 0 Å². The number of ether oxygens (including phenoxy) is 1. The van der Waals surface area contributed by atoms with Gasteiger partial charge in [-0.2, -0.15) is 5.26 Å². The van der Waals surface area contributed by atoms with E-state index in [9.17, 15) is 10.1 Å². The third-order valence-electron chi connectivity index (χ3n) is 3.14. The van der Waals surface area contributed by atoms with Crippen LogP contribution in [0.25, 0.3) is 11.1 Å². The van der Waals surface area contributed by atoms with Crippen LogP contribution in [0, 0.1) is 11.3 Å². The van der Waals surface area contributed by atoms with Gasteiger partial charge in [0.1, 0.15) is 12.4 Å². The van der Waals surface area contributed by atoms with E-state index < -0.39 is 0 Å². The van der Waals surface area contributed by atoms with Crippen LogP contribution in [0.2, 0.25) is 0 Å². The van der Waals surface area contributed by atoms with Crippen LogP contribution in [0.1, 0.15) is 15.9 Å². The number of methoxy groups -OCH3 is 1. The molecule has 2 aromatic rings. The molecule has 1 N–H and O–H groups in total. The van der Waals surface area contributed by atoms with Gasteiger partial charge in [0.2, 0.25) is 0 Å². The van der Waals surface area contributed by atoms with Crippen LogP contribution in [0.5, 0.6) is 0 Å². The molecule has 4 heteroatoms. The predicted molar refractivity (Wildman–Crippen MR) is 82.3 cm³/mol. The van der Waals surface area contributed by atoms with Crippen LogP contribution in [0.3, 0.4) is 0 Å². The minimum atomic E-state index is 0.583. The summed E-state index contributed by atoms with van der Waals surface area (Å²) in [6, 6.07) is 15.1. The lowest BCUT2D eigenvalue weighted by molar-refractivity contribution is 0.112. The maximum absolute atomic E-state index is 10.7. The molecule has 0 spiro atoms. The fraction of sp³-hybridized carbons (Fsp3) is 0.176. The number of anilines is 1. The minimum absolute atomic E-state index is 0.583. The van der Waals surface area contributed by atoms with Crippen molar-refractivity contribution in [3.05, 3.63) is 53.6 Å². The number of hydrogen-bond acceptors (Lipinski definition) is 4. The van der Waals surface area contributed by atoms with Gasteiger partial charge < -0.3 is 10.1 Å². The molecule has 2 rings (SSSR count). The maximum Gasteiger partial charge on any atom is 0.150 e. The van der Waals surface area contributed by atoms with Crippen molar-refractivity contribution >= 4 is 12.0 Å². The Hall–Kier alpha value is -2.64. The normalized spacial score (nSPS) is 9.90. The Bertz CT molecular complexity index is 657. The standard InChI is InChI=1S/C17H16N2O2/c1-21-9-8-19-17-7-6-15(10-16(17)11-18)14-4-2-13(12-20)3-5-14/h2-7,10,12,19H,8-9H2,1H3. The molecular formula is C17H16N2O2. The molecule has 0 saturated heterocycles. The van der Waals surface area contributed by atoms with Crippen molar-refractivity contribution in [2.75, 3.05) is 25.6 Å². The smallest absolute Gasteiger partial charge is 0.150 e. The van der Waals surface area contributed by atoms with Crippen LogP contribution >= 0.6 is 0 Å². The molecule has 0 radical (unpaired) electrons. The van der Waals surface area contributed by atoms with E-state index in [2.05, 4.69) is 11.4 Å². The van der Waals surface area contributed by atoms with Gasteiger partial charge in [-0.1, -0.05) is 30.3 Å². The summed E-state index contributed by atoms with van der Waals surface area (Å²) in [6.07, 6.45) is 0.813. The summed E-state index contributed by atoms with van der Waals surface area (Å²) in [6.45, 7) is 1.23. The highest BCUT2D eigenvalue weighted by molar-refractivity contribution is 5.77. The van der Waals surface area contributed by atoms with E-state index in [0.29, 0.717) is 24.3 Å². The second-order valence-corrected chi connectivity index (χ2v) is 4.53. The summed E-state index contributed by atoms with van der Waals surface area (Å²) in [7, 11) is 1.64. The average Bonchev–Trinajstić information content (AvgIpc) is 2.55. The zero-order valence-corrected chi connectivity index (χ0v) is 11.8. The van der Waals surface area contributed by atoms with Gasteiger partial charge in [0, 0.05) is 19.2 Å². The SMILES string of the molecule is COCCNc1ccc(-c2ccc(C=O)cc2)cc1C#N. The molecule has 106 valence electrons. The van der Waals surface area contributed by atoms with Gasteiger partial charge >= 0.3 is 0 Å². The summed E-state index contributed by atoms with van der Waals surface area (Å²) >= 11 is 0. The molecule has 0 amide bonds. The fourth-order valence-corrected chi connectivity index (χ4v) is 2.01. The first-order valence-electron chi connectivity index (χ1n) is 6.61. The number of hydrogen-bond donors (Lipinski definition) is 1. The van der Waals surface area contributed by atoms with Crippen molar-refractivity contribution in [3.8, 4) is 17.2 Å². The molecule has 0 saturated carbocycles. The van der Waals surface area contributed by atoms with E-state index in [1.165, 1.54) is 0 Å². The summed E-state index contributed by atoms with van der Waals surface area (Å²) in [4.78, 5) is 10.7. The number of nitrogens with one attached hydrogen (secondary N) is 1. The molecule has 0 aliphatic rings. The highest BCUT2D eigenvalue weighted by Crippen LogP contribution is 2.25. The van der Waals surface area contributed by atoms with Crippen molar-refractivity contribution in [2.45, 2.75) is 0 Å². The van der Waals surface area contributed by atoms with Crippen LogP contribution in [0.4, 0.5) is 5.69 Å². The van der Waals surface area contributed by atoms with Gasteiger partial charge in [-0.3, -0.25) is 4.79 Å². The van der Waals surface area contributed by atoms with Crippen LogP contribution in [0.15, 0.2) is 42.5 Å². The number of nitrogens with zero attached hydrogens (tertiary/aromatic N) is 1. The van der Waals surface area contributed by atoms with Gasteiger partial charge in [-0.05, 0) is 23.3 Å². The number of carbonyl (C=O) groups excluding carboxylic acids is 1. The lowest BCUT2D eigenvalue weighted by Gasteiger charge is -2.10. The summed E-state index contributed by atoms with van der Waals surface area (Å²) < 4.78 is 4.98. The van der Waals surface area contributed by atoms with Gasteiger partial charge in [0.05, 0.1) is 17.9 Å². The zero-order chi connectivity index (χ0) is 15.1. The molecular weight excluding hydrogens is 264 g/mol. The second kappa shape index (κ2) is 7.22. The number of carbonyl (C=O) groups is 1. The van der Waals surface area contributed by atoms with Gasteiger partial charge in [0.15, 0.2) is 0 Å². The number of nitriles is 1. The molecule has 4 nitrogen and oxygen atoms in total. The van der Waals surface area contributed by atoms with E-state index >= 15 is 0 Å². The van der Waals surface area contributed by atoms with E-state index in [-0.39, 0.29) is 0 Å². The Morgan fingerprint density at radius 2 is 1.90 bits per heavy atom. The third kappa shape index (κ3) is 3.68. The predicted octanol–water partition coefficient (Wildman–Crippen LogP) is 3.10. The number of rotatable bonds is 6. The summed E-state index contributed by atoms with van der Waals surface area (Å²) in [5, 5.41) is 12.4. The van der Waals surface area contributed by atoms with E-state index in [0.717, 1.165) is 23.1 Å². The number of benzene rings is 2. The van der Waals surface area contributed by atoms with Crippen LogP contribution < -0.4 is 5.32 Å². The van der Waals surface area contributed by atoms with Crippen LogP contribution in [-0.4, -0.2) is 26.5 Å². The Morgan fingerprint density at radius 1 is 1.19 bits per heavy atom. The first-order chi connectivity index (χ1) is 10.3. The highest BCUT2D eigenvalue weighted by atomic mass is 16.5. The van der Waals surface area contributed by atoms with Gasteiger partial charge in [-0.25, -0.2) is 0 Å². The number of aldehydes is 1. The monoisotopic (exact) mass is 280 g/mol. The van der Waals surface area contributed by atoms with E-state index in [4.69, 9.17) is 4.74 Å². The minimum Gasteiger partial charge on any atom is -0.383 e.